The van der Waals surface area contributed by atoms with Crippen LogP contribution in [0.5, 0.6) is 0 Å². The molecule has 3 fully saturated rings. The Morgan fingerprint density at radius 2 is 1.93 bits per heavy atom. The van der Waals surface area contributed by atoms with Crippen LogP contribution in [0, 0.1) is 11.7 Å². The summed E-state index contributed by atoms with van der Waals surface area (Å²) in [5.74, 6) is 0.539. The molecule has 2 aliphatic heterocycles. The molecule has 0 bridgehead atoms. The van der Waals surface area contributed by atoms with Gasteiger partial charge in [-0.2, -0.15) is 0 Å². The number of halogens is 1. The standard InChI is InChI=1S/C22H33FN4O/c23-18-9-3-1-7-16(18)21(27-13-5-6-14-27)15-24-22(28)12-11-20-17-8-2-4-10-19(17)25-26-20/h1,3,7,9,17,19-21,25-26H,2,4-6,8,10-15H2,(H,24,28). The smallest absolute Gasteiger partial charge is 0.220 e. The lowest BCUT2D eigenvalue weighted by molar-refractivity contribution is -0.121. The first-order valence-corrected chi connectivity index (χ1v) is 11.0. The predicted molar refractivity (Wildman–Crippen MR) is 108 cm³/mol. The average Bonchev–Trinajstić information content (AvgIpc) is 3.38. The zero-order valence-electron chi connectivity index (χ0n) is 16.6. The maximum atomic E-state index is 14.4. The van der Waals surface area contributed by atoms with E-state index in [2.05, 4.69) is 21.1 Å². The Kier molecular flexibility index (Phi) is 6.60. The number of nitrogens with zero attached hydrogens (tertiary/aromatic N) is 1. The third-order valence-electron chi connectivity index (χ3n) is 6.81. The molecule has 1 aromatic carbocycles. The summed E-state index contributed by atoms with van der Waals surface area (Å²) < 4.78 is 14.4. The highest BCUT2D eigenvalue weighted by Gasteiger charge is 2.37. The molecule has 4 atom stereocenters. The predicted octanol–water partition coefficient (Wildman–Crippen LogP) is 2.89. The summed E-state index contributed by atoms with van der Waals surface area (Å²) in [5, 5.41) is 3.09. The van der Waals surface area contributed by atoms with E-state index >= 15 is 0 Å². The van der Waals surface area contributed by atoms with E-state index in [0.717, 1.165) is 32.4 Å². The molecule has 4 unspecified atom stereocenters. The number of amides is 1. The second-order valence-electron chi connectivity index (χ2n) is 8.57. The Morgan fingerprint density at radius 1 is 1.14 bits per heavy atom. The van der Waals surface area contributed by atoms with Crippen molar-refractivity contribution in [2.24, 2.45) is 5.92 Å². The number of fused-ring (bicyclic) bond motifs is 1. The van der Waals surface area contributed by atoms with Crippen LogP contribution in [-0.2, 0) is 4.79 Å². The van der Waals surface area contributed by atoms with Crippen molar-refractivity contribution in [1.82, 2.24) is 21.1 Å². The Bertz CT molecular complexity index is 664. The van der Waals surface area contributed by atoms with E-state index < -0.39 is 0 Å². The van der Waals surface area contributed by atoms with Crippen LogP contribution in [0.4, 0.5) is 4.39 Å². The first-order valence-electron chi connectivity index (χ1n) is 11.0. The van der Waals surface area contributed by atoms with Gasteiger partial charge in [-0.3, -0.25) is 20.5 Å². The van der Waals surface area contributed by atoms with Gasteiger partial charge in [0.05, 0.1) is 6.04 Å². The minimum Gasteiger partial charge on any atom is -0.354 e. The summed E-state index contributed by atoms with van der Waals surface area (Å²) >= 11 is 0. The Hall–Kier alpha value is -1.50. The van der Waals surface area contributed by atoms with Gasteiger partial charge in [0.1, 0.15) is 5.82 Å². The van der Waals surface area contributed by atoms with Gasteiger partial charge in [-0.1, -0.05) is 31.0 Å². The van der Waals surface area contributed by atoms with Crippen LogP contribution in [0.3, 0.4) is 0 Å². The minimum atomic E-state index is -0.182. The van der Waals surface area contributed by atoms with Crippen molar-refractivity contribution < 1.29 is 9.18 Å². The fourth-order valence-corrected chi connectivity index (χ4v) is 5.25. The van der Waals surface area contributed by atoms with Crippen LogP contribution < -0.4 is 16.2 Å². The van der Waals surface area contributed by atoms with Gasteiger partial charge in [0, 0.05) is 30.6 Å². The van der Waals surface area contributed by atoms with Crippen molar-refractivity contribution in [2.45, 2.75) is 69.5 Å². The number of rotatable bonds is 7. The summed E-state index contributed by atoms with van der Waals surface area (Å²) in [6.45, 7) is 2.41. The van der Waals surface area contributed by atoms with Crippen LogP contribution in [-0.4, -0.2) is 42.5 Å². The van der Waals surface area contributed by atoms with E-state index in [0.29, 0.717) is 36.5 Å². The Balaban J connectivity index is 1.30. The summed E-state index contributed by atoms with van der Waals surface area (Å²) in [6, 6.07) is 7.84. The molecule has 0 spiro atoms. The lowest BCUT2D eigenvalue weighted by Gasteiger charge is -2.29. The number of likely N-dealkylation sites (tertiary alicyclic amines) is 1. The lowest BCUT2D eigenvalue weighted by atomic mass is 9.80. The van der Waals surface area contributed by atoms with Crippen LogP contribution in [0.1, 0.15) is 63.0 Å². The van der Waals surface area contributed by atoms with E-state index in [1.807, 2.05) is 12.1 Å². The molecule has 1 aliphatic carbocycles. The van der Waals surface area contributed by atoms with Crippen molar-refractivity contribution in [2.75, 3.05) is 19.6 Å². The zero-order valence-corrected chi connectivity index (χ0v) is 16.6. The molecule has 2 saturated heterocycles. The average molecular weight is 389 g/mol. The molecule has 1 aromatic rings. The first-order chi connectivity index (χ1) is 13.7. The van der Waals surface area contributed by atoms with Crippen LogP contribution in [0.25, 0.3) is 0 Å². The van der Waals surface area contributed by atoms with Crippen molar-refractivity contribution in [1.29, 1.82) is 0 Å². The summed E-state index contributed by atoms with van der Waals surface area (Å²) in [6.07, 6.45) is 8.75. The molecule has 5 nitrogen and oxygen atoms in total. The molecular weight excluding hydrogens is 355 g/mol. The van der Waals surface area contributed by atoms with Crippen molar-refractivity contribution in [3.05, 3.63) is 35.6 Å². The fourth-order valence-electron chi connectivity index (χ4n) is 5.25. The number of nitrogens with one attached hydrogen (secondary N) is 3. The highest BCUT2D eigenvalue weighted by molar-refractivity contribution is 5.76. The number of carbonyl (C=O) groups is 1. The van der Waals surface area contributed by atoms with E-state index in [4.69, 9.17) is 0 Å². The molecule has 4 rings (SSSR count). The van der Waals surface area contributed by atoms with Crippen LogP contribution >= 0.6 is 0 Å². The van der Waals surface area contributed by atoms with Crippen molar-refractivity contribution in [3.8, 4) is 0 Å². The van der Waals surface area contributed by atoms with Crippen molar-refractivity contribution in [3.63, 3.8) is 0 Å². The third-order valence-corrected chi connectivity index (χ3v) is 6.81. The summed E-state index contributed by atoms with van der Waals surface area (Å²) in [4.78, 5) is 14.8. The van der Waals surface area contributed by atoms with E-state index in [9.17, 15) is 9.18 Å². The largest absolute Gasteiger partial charge is 0.354 e. The number of hydrogen-bond acceptors (Lipinski definition) is 4. The molecule has 28 heavy (non-hydrogen) atoms. The highest BCUT2D eigenvalue weighted by Crippen LogP contribution is 2.32. The van der Waals surface area contributed by atoms with Gasteiger partial charge >= 0.3 is 0 Å². The first kappa shape index (κ1) is 19.8. The highest BCUT2D eigenvalue weighted by atomic mass is 19.1. The molecule has 1 amide bonds. The fraction of sp³-hybridized carbons (Fsp3) is 0.682. The number of hydrazine groups is 1. The van der Waals surface area contributed by atoms with Gasteiger partial charge in [0.25, 0.3) is 0 Å². The molecule has 154 valence electrons. The molecule has 2 heterocycles. The molecular formula is C22H33FN4O. The van der Waals surface area contributed by atoms with Crippen molar-refractivity contribution >= 4 is 5.91 Å². The Labute approximate surface area is 167 Å². The molecule has 1 saturated carbocycles. The monoisotopic (exact) mass is 388 g/mol. The molecule has 3 aliphatic rings. The van der Waals surface area contributed by atoms with Gasteiger partial charge in [0.2, 0.25) is 5.91 Å². The summed E-state index contributed by atoms with van der Waals surface area (Å²) in [5.41, 5.74) is 7.52. The van der Waals surface area contributed by atoms with E-state index in [1.54, 1.807) is 6.07 Å². The lowest BCUT2D eigenvalue weighted by Crippen LogP contribution is -2.38. The SMILES string of the molecule is O=C(CCC1NNC2CCCCC21)NCC(c1ccccc1F)N1CCCC1. The van der Waals surface area contributed by atoms with Gasteiger partial charge in [0.15, 0.2) is 0 Å². The Morgan fingerprint density at radius 3 is 2.75 bits per heavy atom. The maximum absolute atomic E-state index is 14.4. The summed E-state index contributed by atoms with van der Waals surface area (Å²) in [7, 11) is 0. The molecule has 6 heteroatoms. The molecule has 3 N–H and O–H groups in total. The minimum absolute atomic E-state index is 0.0709. The normalized spacial score (nSPS) is 28.8. The quantitative estimate of drug-likeness (QED) is 0.672. The second-order valence-corrected chi connectivity index (χ2v) is 8.57. The third kappa shape index (κ3) is 4.56. The van der Waals surface area contributed by atoms with Gasteiger partial charge in [-0.25, -0.2) is 4.39 Å². The topological polar surface area (TPSA) is 56.4 Å². The van der Waals surface area contributed by atoms with E-state index in [-0.39, 0.29) is 17.8 Å². The van der Waals surface area contributed by atoms with Gasteiger partial charge in [-0.05, 0) is 57.2 Å². The molecule has 0 aromatic heterocycles. The van der Waals surface area contributed by atoms with Gasteiger partial charge in [-0.15, -0.1) is 0 Å². The molecule has 0 radical (unpaired) electrons. The number of benzene rings is 1. The van der Waals surface area contributed by atoms with Gasteiger partial charge < -0.3 is 5.32 Å². The van der Waals surface area contributed by atoms with E-state index in [1.165, 1.54) is 31.7 Å². The zero-order chi connectivity index (χ0) is 19.3. The second kappa shape index (κ2) is 9.33. The van der Waals surface area contributed by atoms with Crippen LogP contribution in [0.2, 0.25) is 0 Å². The maximum Gasteiger partial charge on any atom is 0.220 e. The number of carbonyl (C=O) groups excluding carboxylic acids is 1. The van der Waals surface area contributed by atoms with Crippen LogP contribution in [0.15, 0.2) is 24.3 Å². The number of hydrogen-bond donors (Lipinski definition) is 3.